The summed E-state index contributed by atoms with van der Waals surface area (Å²) in [4.78, 5) is 9.27. The van der Waals surface area contributed by atoms with Crippen LogP contribution in [0.15, 0.2) is 42.7 Å². The van der Waals surface area contributed by atoms with E-state index in [1.807, 2.05) is 12.4 Å². The van der Waals surface area contributed by atoms with Crippen LogP contribution >= 0.6 is 0 Å². The van der Waals surface area contributed by atoms with Gasteiger partial charge >= 0.3 is 0 Å². The normalized spacial score (nSPS) is 21.7. The highest BCUT2D eigenvalue weighted by Crippen LogP contribution is 2.50. The van der Waals surface area contributed by atoms with Crippen molar-refractivity contribution >= 4 is 5.69 Å². The average molecular weight is 408 g/mol. The molecule has 2 aromatic rings. The monoisotopic (exact) mass is 407 g/mol. The van der Waals surface area contributed by atoms with Gasteiger partial charge in [-0.05, 0) is 48.9 Å². The zero-order chi connectivity index (χ0) is 21.6. The SMILES string of the molecule is CN1CC(C)(C(O)(c2ccc(C(C)(C)C)cc2)c2cncc(N3CCCCC3)c2)C1. The highest BCUT2D eigenvalue weighted by atomic mass is 16.3. The minimum Gasteiger partial charge on any atom is -0.380 e. The fraction of sp³-hybridized carbons (Fsp3) is 0.577. The van der Waals surface area contributed by atoms with Crippen molar-refractivity contribution in [2.45, 2.75) is 58.0 Å². The Morgan fingerprint density at radius 3 is 2.07 bits per heavy atom. The van der Waals surface area contributed by atoms with Gasteiger partial charge in [0, 0.05) is 43.4 Å². The molecule has 2 saturated heterocycles. The van der Waals surface area contributed by atoms with Crippen LogP contribution in [0.2, 0.25) is 0 Å². The minimum absolute atomic E-state index is 0.0902. The third-order valence-electron chi connectivity index (χ3n) is 7.14. The Morgan fingerprint density at radius 2 is 1.50 bits per heavy atom. The van der Waals surface area contributed by atoms with E-state index < -0.39 is 5.60 Å². The second-order valence-corrected chi connectivity index (χ2v) is 10.8. The second kappa shape index (κ2) is 7.65. The number of anilines is 1. The predicted octanol–water partition coefficient (Wildman–Crippen LogP) is 4.56. The van der Waals surface area contributed by atoms with Crippen LogP contribution in [-0.2, 0) is 11.0 Å². The molecule has 1 N–H and O–H groups in total. The van der Waals surface area contributed by atoms with Gasteiger partial charge in [-0.25, -0.2) is 0 Å². The van der Waals surface area contributed by atoms with Crippen LogP contribution in [0.3, 0.4) is 0 Å². The van der Waals surface area contributed by atoms with Gasteiger partial charge in [0.15, 0.2) is 0 Å². The molecule has 30 heavy (non-hydrogen) atoms. The molecule has 0 bridgehead atoms. The van der Waals surface area contributed by atoms with Crippen molar-refractivity contribution in [3.8, 4) is 0 Å². The van der Waals surface area contributed by atoms with Crippen LogP contribution in [-0.4, -0.2) is 48.2 Å². The summed E-state index contributed by atoms with van der Waals surface area (Å²) in [6.45, 7) is 12.7. The Balaban J connectivity index is 1.77. The summed E-state index contributed by atoms with van der Waals surface area (Å²) >= 11 is 0. The molecular weight excluding hydrogens is 370 g/mol. The molecule has 0 amide bonds. The molecule has 0 saturated carbocycles. The zero-order valence-corrected chi connectivity index (χ0v) is 19.3. The second-order valence-electron chi connectivity index (χ2n) is 10.8. The van der Waals surface area contributed by atoms with Gasteiger partial charge in [-0.3, -0.25) is 4.98 Å². The van der Waals surface area contributed by atoms with Crippen molar-refractivity contribution in [1.29, 1.82) is 0 Å². The Morgan fingerprint density at radius 1 is 0.900 bits per heavy atom. The fourth-order valence-electron chi connectivity index (χ4n) is 5.40. The number of hydrogen-bond donors (Lipinski definition) is 1. The lowest BCUT2D eigenvalue weighted by molar-refractivity contribution is -0.127. The van der Waals surface area contributed by atoms with Gasteiger partial charge < -0.3 is 14.9 Å². The summed E-state index contributed by atoms with van der Waals surface area (Å²) in [6, 6.07) is 10.8. The molecule has 0 aliphatic carbocycles. The van der Waals surface area contributed by atoms with E-state index >= 15 is 0 Å². The van der Waals surface area contributed by atoms with Gasteiger partial charge in [0.05, 0.1) is 11.9 Å². The first-order chi connectivity index (χ1) is 14.1. The third-order valence-corrected chi connectivity index (χ3v) is 7.14. The van der Waals surface area contributed by atoms with E-state index in [0.29, 0.717) is 0 Å². The molecule has 4 nitrogen and oxygen atoms in total. The van der Waals surface area contributed by atoms with E-state index in [4.69, 9.17) is 0 Å². The number of aliphatic hydroxyl groups is 1. The summed E-state index contributed by atoms with van der Waals surface area (Å²) in [6.07, 6.45) is 7.58. The summed E-state index contributed by atoms with van der Waals surface area (Å²) < 4.78 is 0. The lowest BCUT2D eigenvalue weighted by Crippen LogP contribution is -2.63. The Kier molecular flexibility index (Phi) is 5.44. The van der Waals surface area contributed by atoms with Crippen LogP contribution in [0.1, 0.15) is 63.6 Å². The largest absolute Gasteiger partial charge is 0.380 e. The first kappa shape index (κ1) is 21.3. The molecule has 2 aliphatic rings. The highest BCUT2D eigenvalue weighted by molar-refractivity contribution is 5.51. The van der Waals surface area contributed by atoms with Crippen LogP contribution in [0.4, 0.5) is 5.69 Å². The van der Waals surface area contributed by atoms with Gasteiger partial charge in [0.25, 0.3) is 0 Å². The zero-order valence-electron chi connectivity index (χ0n) is 19.3. The predicted molar refractivity (Wildman–Crippen MR) is 124 cm³/mol. The highest BCUT2D eigenvalue weighted by Gasteiger charge is 2.55. The molecule has 1 unspecified atom stereocenters. The van der Waals surface area contributed by atoms with Crippen molar-refractivity contribution in [3.05, 3.63) is 59.4 Å². The quantitative estimate of drug-likeness (QED) is 0.807. The maximum absolute atomic E-state index is 12.4. The van der Waals surface area contributed by atoms with E-state index in [1.54, 1.807) is 0 Å². The van der Waals surface area contributed by atoms with E-state index in [9.17, 15) is 5.11 Å². The van der Waals surface area contributed by atoms with Crippen molar-refractivity contribution in [2.75, 3.05) is 38.1 Å². The Labute approximate surface area is 181 Å². The Hall–Kier alpha value is -1.91. The molecule has 1 aromatic carbocycles. The topological polar surface area (TPSA) is 39.6 Å². The van der Waals surface area contributed by atoms with Crippen LogP contribution in [0, 0.1) is 5.41 Å². The van der Waals surface area contributed by atoms with E-state index in [-0.39, 0.29) is 10.8 Å². The summed E-state index contributed by atoms with van der Waals surface area (Å²) in [5.74, 6) is 0. The van der Waals surface area contributed by atoms with E-state index in [0.717, 1.165) is 43.0 Å². The summed E-state index contributed by atoms with van der Waals surface area (Å²) in [5, 5.41) is 12.4. The smallest absolute Gasteiger partial charge is 0.124 e. The molecule has 2 aliphatic heterocycles. The van der Waals surface area contributed by atoms with E-state index in [2.05, 4.69) is 79.9 Å². The minimum atomic E-state index is -1.07. The lowest BCUT2D eigenvalue weighted by atomic mass is 9.62. The number of piperidine rings is 1. The maximum Gasteiger partial charge on any atom is 0.124 e. The number of aromatic nitrogens is 1. The molecule has 3 heterocycles. The van der Waals surface area contributed by atoms with Crippen molar-refractivity contribution in [1.82, 2.24) is 9.88 Å². The number of benzene rings is 1. The number of hydrogen-bond acceptors (Lipinski definition) is 4. The number of likely N-dealkylation sites (tertiary alicyclic amines) is 1. The lowest BCUT2D eigenvalue weighted by Gasteiger charge is -2.56. The number of pyridine rings is 1. The van der Waals surface area contributed by atoms with Crippen LogP contribution < -0.4 is 4.90 Å². The summed E-state index contributed by atoms with van der Waals surface area (Å²) in [5.41, 5.74) is 3.04. The van der Waals surface area contributed by atoms with Crippen LogP contribution in [0.5, 0.6) is 0 Å². The van der Waals surface area contributed by atoms with Crippen LogP contribution in [0.25, 0.3) is 0 Å². The molecule has 4 heteroatoms. The number of rotatable bonds is 4. The maximum atomic E-state index is 12.4. The van der Waals surface area contributed by atoms with Gasteiger partial charge in [-0.1, -0.05) is 52.0 Å². The number of nitrogens with zero attached hydrogens (tertiary/aromatic N) is 3. The molecule has 4 rings (SSSR count). The fourth-order valence-corrected chi connectivity index (χ4v) is 5.40. The standard InChI is InChI=1S/C26H37N3O/c1-24(2,3)20-9-11-21(12-10-20)26(30,25(4)18-28(5)19-25)22-15-23(17-27-16-22)29-13-7-6-8-14-29/h9-12,15-17,30H,6-8,13-14,18-19H2,1-5H3. The first-order valence-electron chi connectivity index (χ1n) is 11.4. The van der Waals surface area contributed by atoms with Gasteiger partial charge in [-0.15, -0.1) is 0 Å². The van der Waals surface area contributed by atoms with Crippen molar-refractivity contribution in [3.63, 3.8) is 0 Å². The first-order valence-corrected chi connectivity index (χ1v) is 11.4. The molecule has 1 atom stereocenters. The molecule has 0 radical (unpaired) electrons. The van der Waals surface area contributed by atoms with Gasteiger partial charge in [0.1, 0.15) is 5.60 Å². The van der Waals surface area contributed by atoms with Crippen molar-refractivity contribution < 1.29 is 5.11 Å². The Bertz CT molecular complexity index is 874. The molecule has 2 fully saturated rings. The summed E-state index contributed by atoms with van der Waals surface area (Å²) in [7, 11) is 2.12. The van der Waals surface area contributed by atoms with Crippen molar-refractivity contribution in [2.24, 2.45) is 5.41 Å². The molecule has 1 aromatic heterocycles. The van der Waals surface area contributed by atoms with Gasteiger partial charge in [-0.2, -0.15) is 0 Å². The molecular formula is C26H37N3O. The molecule has 0 spiro atoms. The van der Waals surface area contributed by atoms with E-state index in [1.165, 1.54) is 24.8 Å². The van der Waals surface area contributed by atoms with Gasteiger partial charge in [0.2, 0.25) is 0 Å². The molecule has 162 valence electrons. The average Bonchev–Trinajstić information content (AvgIpc) is 2.72. The third kappa shape index (κ3) is 3.65.